The highest BCUT2D eigenvalue weighted by Gasteiger charge is 2.48. The SMILES string of the molecule is O=C1NC(=O)C2(CCC(C(=O)Nc3cc(Cl)ccc3NS(=O)(=O)c3ccccc3F)CC2)N1. The molecule has 1 aliphatic heterocycles. The number of rotatable bonds is 5. The topological polar surface area (TPSA) is 133 Å². The molecule has 0 radical (unpaired) electrons. The lowest BCUT2D eigenvalue weighted by Crippen LogP contribution is -2.50. The quantitative estimate of drug-likeness (QED) is 0.474. The highest BCUT2D eigenvalue weighted by atomic mass is 35.5. The van der Waals surface area contributed by atoms with Gasteiger partial charge in [-0.3, -0.25) is 19.6 Å². The lowest BCUT2D eigenvalue weighted by Gasteiger charge is -2.34. The van der Waals surface area contributed by atoms with Crippen molar-refractivity contribution < 1.29 is 27.2 Å². The van der Waals surface area contributed by atoms with Crippen LogP contribution in [0.2, 0.25) is 5.02 Å². The fraction of sp³-hybridized carbons (Fsp3) is 0.286. The number of carbonyl (C=O) groups is 3. The van der Waals surface area contributed by atoms with Gasteiger partial charge in [-0.25, -0.2) is 17.6 Å². The van der Waals surface area contributed by atoms with E-state index in [9.17, 15) is 27.2 Å². The first kappa shape index (κ1) is 23.0. The Labute approximate surface area is 194 Å². The number of anilines is 2. The number of carbonyl (C=O) groups excluding carboxylic acids is 3. The maximum absolute atomic E-state index is 14.0. The van der Waals surface area contributed by atoms with E-state index in [1.54, 1.807) is 0 Å². The third kappa shape index (κ3) is 4.64. The number of hydrogen-bond donors (Lipinski definition) is 4. The van der Waals surface area contributed by atoms with Gasteiger partial charge in [0.25, 0.3) is 15.9 Å². The lowest BCUT2D eigenvalue weighted by molar-refractivity contribution is -0.128. The van der Waals surface area contributed by atoms with Gasteiger partial charge in [0.1, 0.15) is 16.3 Å². The molecule has 0 unspecified atom stereocenters. The predicted octanol–water partition coefficient (Wildman–Crippen LogP) is 2.99. The molecule has 4 N–H and O–H groups in total. The number of halogens is 2. The number of urea groups is 1. The highest BCUT2D eigenvalue weighted by Crippen LogP contribution is 2.36. The van der Waals surface area contributed by atoms with Crippen LogP contribution in [0.1, 0.15) is 25.7 Å². The average molecular weight is 495 g/mol. The molecular weight excluding hydrogens is 475 g/mol. The number of sulfonamides is 1. The average Bonchev–Trinajstić information content (AvgIpc) is 3.03. The standard InChI is InChI=1S/C21H20ClFN4O5S/c22-13-5-6-15(27-33(31,32)17-4-2-1-3-14(17)23)16(11-13)24-18(28)12-7-9-21(10-8-12)19(29)25-20(30)26-21/h1-6,11-12,27H,7-10H2,(H,24,28)(H2,25,26,29,30). The number of nitrogens with one attached hydrogen (secondary N) is 4. The van der Waals surface area contributed by atoms with Crippen molar-refractivity contribution in [3.05, 3.63) is 53.3 Å². The van der Waals surface area contributed by atoms with E-state index < -0.39 is 44.1 Å². The smallest absolute Gasteiger partial charge is 0.322 e. The molecule has 2 aliphatic rings. The summed E-state index contributed by atoms with van der Waals surface area (Å²) in [6, 6.07) is 8.56. The molecule has 2 aromatic carbocycles. The highest BCUT2D eigenvalue weighted by molar-refractivity contribution is 7.92. The van der Waals surface area contributed by atoms with E-state index in [1.807, 2.05) is 0 Å². The minimum absolute atomic E-state index is 0.0192. The summed E-state index contributed by atoms with van der Waals surface area (Å²) in [4.78, 5) is 35.9. The third-order valence-electron chi connectivity index (χ3n) is 5.83. The zero-order valence-electron chi connectivity index (χ0n) is 17.2. The second kappa shape index (κ2) is 8.64. The van der Waals surface area contributed by atoms with Gasteiger partial charge >= 0.3 is 6.03 Å². The molecule has 0 aromatic heterocycles. The summed E-state index contributed by atoms with van der Waals surface area (Å²) >= 11 is 6.04. The van der Waals surface area contributed by atoms with Crippen LogP contribution in [0.5, 0.6) is 0 Å². The van der Waals surface area contributed by atoms with Crippen LogP contribution in [0.15, 0.2) is 47.4 Å². The van der Waals surface area contributed by atoms with Crippen LogP contribution in [0.3, 0.4) is 0 Å². The lowest BCUT2D eigenvalue weighted by atomic mass is 9.76. The Bertz CT molecular complexity index is 1240. The van der Waals surface area contributed by atoms with Crippen LogP contribution >= 0.6 is 11.6 Å². The fourth-order valence-electron chi connectivity index (χ4n) is 4.06. The molecule has 1 aliphatic carbocycles. The van der Waals surface area contributed by atoms with Gasteiger partial charge in [0.2, 0.25) is 5.91 Å². The monoisotopic (exact) mass is 494 g/mol. The molecule has 1 saturated carbocycles. The molecule has 0 bridgehead atoms. The van der Waals surface area contributed by atoms with Crippen LogP contribution in [-0.4, -0.2) is 31.8 Å². The van der Waals surface area contributed by atoms with E-state index in [1.165, 1.54) is 30.3 Å². The first-order chi connectivity index (χ1) is 15.6. The molecule has 2 fully saturated rings. The minimum atomic E-state index is -4.27. The summed E-state index contributed by atoms with van der Waals surface area (Å²) in [6.07, 6.45) is 1.28. The van der Waals surface area contributed by atoms with Crippen molar-refractivity contribution in [3.8, 4) is 0 Å². The van der Waals surface area contributed by atoms with E-state index in [0.717, 1.165) is 12.1 Å². The molecule has 1 saturated heterocycles. The van der Waals surface area contributed by atoms with Gasteiger partial charge in [-0.05, 0) is 56.0 Å². The van der Waals surface area contributed by atoms with Crippen molar-refractivity contribution in [3.63, 3.8) is 0 Å². The van der Waals surface area contributed by atoms with Crippen molar-refractivity contribution in [2.75, 3.05) is 10.0 Å². The first-order valence-electron chi connectivity index (χ1n) is 10.1. The van der Waals surface area contributed by atoms with E-state index in [2.05, 4.69) is 20.7 Å². The fourth-order valence-corrected chi connectivity index (χ4v) is 5.39. The van der Waals surface area contributed by atoms with Gasteiger partial charge in [-0.15, -0.1) is 0 Å². The number of benzene rings is 2. The number of imide groups is 1. The molecular formula is C21H20ClFN4O5S. The maximum Gasteiger partial charge on any atom is 0.322 e. The van der Waals surface area contributed by atoms with E-state index in [4.69, 9.17) is 11.6 Å². The van der Waals surface area contributed by atoms with Gasteiger partial charge in [0.15, 0.2) is 0 Å². The van der Waals surface area contributed by atoms with E-state index in [0.29, 0.717) is 25.7 Å². The summed E-state index contributed by atoms with van der Waals surface area (Å²) in [6.45, 7) is 0. The molecule has 33 heavy (non-hydrogen) atoms. The Balaban J connectivity index is 1.49. The molecule has 4 rings (SSSR count). The Morgan fingerprint density at radius 1 is 1.09 bits per heavy atom. The zero-order chi connectivity index (χ0) is 23.8. The molecule has 1 spiro atoms. The molecule has 174 valence electrons. The minimum Gasteiger partial charge on any atom is -0.324 e. The van der Waals surface area contributed by atoms with Crippen molar-refractivity contribution >= 4 is 50.8 Å². The first-order valence-corrected chi connectivity index (χ1v) is 12.0. The zero-order valence-corrected chi connectivity index (χ0v) is 18.7. The van der Waals surface area contributed by atoms with Crippen molar-refractivity contribution in [2.45, 2.75) is 36.1 Å². The maximum atomic E-state index is 14.0. The van der Waals surface area contributed by atoms with Crippen LogP contribution in [0.4, 0.5) is 20.6 Å². The van der Waals surface area contributed by atoms with Crippen molar-refractivity contribution in [1.29, 1.82) is 0 Å². The third-order valence-corrected chi connectivity index (χ3v) is 7.47. The largest absolute Gasteiger partial charge is 0.324 e. The normalized spacial score (nSPS) is 22.5. The van der Waals surface area contributed by atoms with Gasteiger partial charge in [0.05, 0.1) is 11.4 Å². The van der Waals surface area contributed by atoms with Gasteiger partial charge < -0.3 is 10.6 Å². The summed E-state index contributed by atoms with van der Waals surface area (Å²) in [5.74, 6) is -2.16. The Kier molecular flexibility index (Phi) is 6.02. The molecule has 2 aromatic rings. The second-order valence-corrected chi connectivity index (χ2v) is 10.1. The summed E-state index contributed by atoms with van der Waals surface area (Å²) < 4.78 is 41.7. The summed E-state index contributed by atoms with van der Waals surface area (Å²) in [5, 5.41) is 7.79. The molecule has 0 atom stereocenters. The molecule has 9 nitrogen and oxygen atoms in total. The van der Waals surface area contributed by atoms with Crippen molar-refractivity contribution in [1.82, 2.24) is 10.6 Å². The molecule has 1 heterocycles. The van der Waals surface area contributed by atoms with Crippen LogP contribution in [0, 0.1) is 11.7 Å². The number of hydrogen-bond acceptors (Lipinski definition) is 5. The van der Waals surface area contributed by atoms with Crippen LogP contribution < -0.4 is 20.7 Å². The van der Waals surface area contributed by atoms with Crippen LogP contribution in [-0.2, 0) is 19.6 Å². The van der Waals surface area contributed by atoms with E-state index >= 15 is 0 Å². The molecule has 12 heteroatoms. The summed E-state index contributed by atoms with van der Waals surface area (Å²) in [7, 11) is -4.27. The van der Waals surface area contributed by atoms with Crippen molar-refractivity contribution in [2.24, 2.45) is 5.92 Å². The van der Waals surface area contributed by atoms with Crippen LogP contribution in [0.25, 0.3) is 0 Å². The molecule has 4 amide bonds. The predicted molar refractivity (Wildman–Crippen MR) is 119 cm³/mol. The number of amides is 4. The Hall–Kier alpha value is -3.18. The van der Waals surface area contributed by atoms with Gasteiger partial charge in [0, 0.05) is 10.9 Å². The Morgan fingerprint density at radius 3 is 2.42 bits per heavy atom. The van der Waals surface area contributed by atoms with Gasteiger partial charge in [-0.2, -0.15) is 0 Å². The van der Waals surface area contributed by atoms with E-state index in [-0.39, 0.29) is 22.3 Å². The van der Waals surface area contributed by atoms with Gasteiger partial charge in [-0.1, -0.05) is 23.7 Å². The summed E-state index contributed by atoms with van der Waals surface area (Å²) in [5.41, 5.74) is -0.866. The second-order valence-electron chi connectivity index (χ2n) is 7.98. The Morgan fingerprint density at radius 2 is 1.79 bits per heavy atom.